The Balaban J connectivity index is 1.81. The Morgan fingerprint density at radius 1 is 1.21 bits per heavy atom. The number of rotatable bonds is 4. The van der Waals surface area contributed by atoms with E-state index in [4.69, 9.17) is 0 Å². The van der Waals surface area contributed by atoms with Gasteiger partial charge in [-0.3, -0.25) is 14.0 Å². The minimum atomic E-state index is -0.413. The summed E-state index contributed by atoms with van der Waals surface area (Å²) >= 11 is 0. The van der Waals surface area contributed by atoms with Gasteiger partial charge < -0.3 is 4.90 Å². The van der Waals surface area contributed by atoms with Crippen LogP contribution in [0.4, 0.5) is 0 Å². The average molecular weight is 380 g/mol. The molecule has 1 aliphatic rings. The molecule has 0 fully saturated rings. The van der Waals surface area contributed by atoms with Crippen molar-refractivity contribution in [3.8, 4) is 0 Å². The summed E-state index contributed by atoms with van der Waals surface area (Å²) in [6.45, 7) is 5.53. The van der Waals surface area contributed by atoms with Crippen LogP contribution in [0.15, 0.2) is 47.5 Å². The zero-order valence-electron chi connectivity index (χ0n) is 16.3. The highest BCUT2D eigenvalue weighted by Crippen LogP contribution is 2.31. The first-order chi connectivity index (χ1) is 13.5. The highest BCUT2D eigenvalue weighted by molar-refractivity contribution is 5.94. The van der Waals surface area contributed by atoms with Crippen molar-refractivity contribution in [3.05, 3.63) is 70.2 Å². The molecule has 1 aromatic carbocycles. The molecule has 0 spiro atoms. The molecule has 4 rings (SSSR count). The molecular formula is C20H24N6O2. The summed E-state index contributed by atoms with van der Waals surface area (Å²) in [4.78, 5) is 27.8. The first kappa shape index (κ1) is 18.2. The highest BCUT2D eigenvalue weighted by Gasteiger charge is 2.36. The monoisotopic (exact) mass is 380 g/mol. The zero-order valence-corrected chi connectivity index (χ0v) is 16.3. The van der Waals surface area contributed by atoms with Crippen molar-refractivity contribution in [1.82, 2.24) is 29.0 Å². The maximum Gasteiger partial charge on any atom is 0.346 e. The number of nitrogens with zero attached hydrogens (tertiary/aromatic N) is 6. The molecule has 0 saturated carbocycles. The topological polar surface area (TPSA) is 78.0 Å². The first-order valence-corrected chi connectivity index (χ1v) is 9.48. The van der Waals surface area contributed by atoms with E-state index >= 15 is 0 Å². The molecule has 8 heteroatoms. The molecule has 2 aromatic heterocycles. The SMILES string of the molecule is CC(C)Cn1nc2n(c1=O)CCN(C(=O)c1cnn(C)c1)C2c1ccccc1. The number of aromatic nitrogens is 5. The zero-order chi connectivity index (χ0) is 19.8. The van der Waals surface area contributed by atoms with Crippen molar-refractivity contribution < 1.29 is 4.79 Å². The number of benzene rings is 1. The van der Waals surface area contributed by atoms with Gasteiger partial charge in [0.15, 0.2) is 5.82 Å². The van der Waals surface area contributed by atoms with Crippen LogP contribution in [0.1, 0.15) is 41.6 Å². The lowest BCUT2D eigenvalue weighted by Gasteiger charge is -2.35. The first-order valence-electron chi connectivity index (χ1n) is 9.48. The molecular weight excluding hydrogens is 356 g/mol. The van der Waals surface area contributed by atoms with E-state index in [-0.39, 0.29) is 11.6 Å². The Hall–Kier alpha value is -3.16. The lowest BCUT2D eigenvalue weighted by Crippen LogP contribution is -2.44. The van der Waals surface area contributed by atoms with Crippen LogP contribution in [-0.4, -0.2) is 41.5 Å². The van der Waals surface area contributed by atoms with Gasteiger partial charge in [0.2, 0.25) is 0 Å². The fraction of sp³-hybridized carbons (Fsp3) is 0.400. The van der Waals surface area contributed by atoms with Crippen LogP contribution in [-0.2, 0) is 20.1 Å². The number of fused-ring (bicyclic) bond motifs is 1. The summed E-state index contributed by atoms with van der Waals surface area (Å²) in [5, 5.41) is 8.75. The van der Waals surface area contributed by atoms with Gasteiger partial charge in [-0.15, -0.1) is 0 Å². The molecule has 1 atom stereocenters. The Kier molecular flexibility index (Phi) is 4.62. The van der Waals surface area contributed by atoms with Crippen LogP contribution in [0.25, 0.3) is 0 Å². The molecule has 0 bridgehead atoms. The normalized spacial score (nSPS) is 16.4. The number of carbonyl (C=O) groups excluding carboxylic acids is 1. The fourth-order valence-corrected chi connectivity index (χ4v) is 3.69. The van der Waals surface area contributed by atoms with Gasteiger partial charge in [0, 0.05) is 32.9 Å². The Morgan fingerprint density at radius 2 is 1.96 bits per heavy atom. The van der Waals surface area contributed by atoms with Crippen molar-refractivity contribution in [2.45, 2.75) is 33.0 Å². The molecule has 1 amide bonds. The maximum absolute atomic E-state index is 13.2. The molecule has 1 unspecified atom stereocenters. The number of hydrogen-bond acceptors (Lipinski definition) is 4. The fourth-order valence-electron chi connectivity index (χ4n) is 3.69. The second-order valence-electron chi connectivity index (χ2n) is 7.58. The summed E-state index contributed by atoms with van der Waals surface area (Å²) in [5.74, 6) is 0.803. The minimum Gasteiger partial charge on any atom is -0.322 e. The van der Waals surface area contributed by atoms with E-state index in [0.717, 1.165) is 5.56 Å². The van der Waals surface area contributed by atoms with Gasteiger partial charge in [-0.1, -0.05) is 44.2 Å². The molecule has 0 radical (unpaired) electrons. The van der Waals surface area contributed by atoms with Gasteiger partial charge in [-0.25, -0.2) is 9.48 Å². The summed E-state index contributed by atoms with van der Waals surface area (Å²) in [7, 11) is 1.78. The molecule has 28 heavy (non-hydrogen) atoms. The minimum absolute atomic E-state index is 0.112. The van der Waals surface area contributed by atoms with Crippen LogP contribution >= 0.6 is 0 Å². The van der Waals surface area contributed by atoms with Crippen molar-refractivity contribution in [3.63, 3.8) is 0 Å². The molecule has 0 N–H and O–H groups in total. The van der Waals surface area contributed by atoms with E-state index in [9.17, 15) is 9.59 Å². The maximum atomic E-state index is 13.2. The Morgan fingerprint density at radius 3 is 2.61 bits per heavy atom. The predicted molar refractivity (Wildman–Crippen MR) is 104 cm³/mol. The second kappa shape index (κ2) is 7.10. The van der Waals surface area contributed by atoms with Gasteiger partial charge in [-0.05, 0) is 11.5 Å². The van der Waals surface area contributed by atoms with Gasteiger partial charge in [0.05, 0.1) is 11.8 Å². The highest BCUT2D eigenvalue weighted by atomic mass is 16.2. The molecule has 3 aromatic rings. The molecule has 0 aliphatic carbocycles. The van der Waals surface area contributed by atoms with Gasteiger partial charge in [-0.2, -0.15) is 10.2 Å². The van der Waals surface area contributed by atoms with E-state index in [1.165, 1.54) is 4.68 Å². The van der Waals surface area contributed by atoms with Crippen molar-refractivity contribution in [2.75, 3.05) is 6.54 Å². The van der Waals surface area contributed by atoms with Gasteiger partial charge in [0.1, 0.15) is 6.04 Å². The van der Waals surface area contributed by atoms with Crippen LogP contribution in [0.5, 0.6) is 0 Å². The van der Waals surface area contributed by atoms with Crippen LogP contribution in [0, 0.1) is 5.92 Å². The molecule has 3 heterocycles. The van der Waals surface area contributed by atoms with Crippen LogP contribution < -0.4 is 5.69 Å². The summed E-state index contributed by atoms with van der Waals surface area (Å²) < 4.78 is 4.84. The number of aryl methyl sites for hydroxylation is 1. The summed E-state index contributed by atoms with van der Waals surface area (Å²) in [6.07, 6.45) is 3.28. The Bertz CT molecular complexity index is 1050. The second-order valence-corrected chi connectivity index (χ2v) is 7.58. The lowest BCUT2D eigenvalue weighted by atomic mass is 10.0. The van der Waals surface area contributed by atoms with E-state index in [1.54, 1.807) is 33.6 Å². The number of carbonyl (C=O) groups is 1. The molecule has 146 valence electrons. The quantitative estimate of drug-likeness (QED) is 0.690. The van der Waals surface area contributed by atoms with E-state index in [1.807, 2.05) is 30.3 Å². The average Bonchev–Trinajstić information content (AvgIpc) is 3.25. The standard InChI is InChI=1S/C20H24N6O2/c1-14(2)12-26-20(28)25-10-9-24(19(27)16-11-21-23(3)13-16)17(18(25)22-26)15-7-5-4-6-8-15/h4-8,11,13-14,17H,9-10,12H2,1-3H3. The van der Waals surface area contributed by atoms with Gasteiger partial charge in [0.25, 0.3) is 5.91 Å². The molecule has 1 aliphatic heterocycles. The predicted octanol–water partition coefficient (Wildman–Crippen LogP) is 1.68. The third kappa shape index (κ3) is 3.15. The van der Waals surface area contributed by atoms with E-state index in [2.05, 4.69) is 24.0 Å². The summed E-state index contributed by atoms with van der Waals surface area (Å²) in [5.41, 5.74) is 1.35. The van der Waals surface area contributed by atoms with Crippen LogP contribution in [0.2, 0.25) is 0 Å². The Labute approximate surface area is 163 Å². The third-order valence-corrected chi connectivity index (χ3v) is 4.94. The number of hydrogen-bond donors (Lipinski definition) is 0. The van der Waals surface area contributed by atoms with E-state index < -0.39 is 6.04 Å². The number of amides is 1. The third-order valence-electron chi connectivity index (χ3n) is 4.94. The van der Waals surface area contributed by atoms with Crippen molar-refractivity contribution in [1.29, 1.82) is 0 Å². The largest absolute Gasteiger partial charge is 0.346 e. The lowest BCUT2D eigenvalue weighted by molar-refractivity contribution is 0.0657. The van der Waals surface area contributed by atoms with Crippen LogP contribution in [0.3, 0.4) is 0 Å². The smallest absolute Gasteiger partial charge is 0.322 e. The van der Waals surface area contributed by atoms with E-state index in [0.29, 0.717) is 36.9 Å². The van der Waals surface area contributed by atoms with Gasteiger partial charge >= 0.3 is 5.69 Å². The van der Waals surface area contributed by atoms with Crippen molar-refractivity contribution >= 4 is 5.91 Å². The van der Waals surface area contributed by atoms with Crippen molar-refractivity contribution in [2.24, 2.45) is 13.0 Å². The molecule has 8 nitrogen and oxygen atoms in total. The summed E-state index contributed by atoms with van der Waals surface area (Å²) in [6, 6.07) is 9.33. The molecule has 0 saturated heterocycles.